The van der Waals surface area contributed by atoms with Crippen LogP contribution in [0.15, 0.2) is 12.4 Å². The molecule has 3 heteroatoms. The molecule has 1 heterocycles. The van der Waals surface area contributed by atoms with Crippen LogP contribution in [0.25, 0.3) is 0 Å². The number of rotatable bonds is 2. The summed E-state index contributed by atoms with van der Waals surface area (Å²) in [4.78, 5) is 8.56. The highest BCUT2D eigenvalue weighted by Gasteiger charge is 2.23. The first-order chi connectivity index (χ1) is 6.45. The third-order valence-electron chi connectivity index (χ3n) is 2.57. The van der Waals surface area contributed by atoms with Crippen LogP contribution in [-0.2, 0) is 0 Å². The van der Waals surface area contributed by atoms with Gasteiger partial charge in [0.05, 0.1) is 19.5 Å². The molecule has 1 aromatic heterocycles. The molecule has 0 aliphatic carbocycles. The second-order valence-corrected chi connectivity index (χ2v) is 4.57. The van der Waals surface area contributed by atoms with Crippen molar-refractivity contribution < 1.29 is 4.74 Å². The Morgan fingerprint density at radius 3 is 2.07 bits per heavy atom. The zero-order chi connectivity index (χ0) is 10.8. The average Bonchev–Trinajstić information content (AvgIpc) is 2.15. The van der Waals surface area contributed by atoms with Crippen LogP contribution in [0.3, 0.4) is 0 Å². The van der Waals surface area contributed by atoms with Gasteiger partial charge in [0.2, 0.25) is 0 Å². The zero-order valence-electron chi connectivity index (χ0n) is 9.53. The maximum atomic E-state index is 5.01. The Morgan fingerprint density at radius 1 is 1.21 bits per heavy atom. The summed E-state index contributed by atoms with van der Waals surface area (Å²) in [5.74, 6) is 1.92. The number of hydrogen-bond donors (Lipinski definition) is 0. The van der Waals surface area contributed by atoms with Crippen LogP contribution in [0.5, 0.6) is 5.75 Å². The monoisotopic (exact) mass is 194 g/mol. The van der Waals surface area contributed by atoms with E-state index in [0.717, 1.165) is 5.82 Å². The summed E-state index contributed by atoms with van der Waals surface area (Å²) in [6, 6.07) is 0. The predicted octanol–water partition coefficient (Wildman–Crippen LogP) is 2.63. The number of hydrogen-bond acceptors (Lipinski definition) is 3. The van der Waals surface area contributed by atoms with Crippen LogP contribution >= 0.6 is 0 Å². The molecule has 0 radical (unpaired) electrons. The minimum Gasteiger partial charge on any atom is -0.494 e. The van der Waals surface area contributed by atoms with Crippen molar-refractivity contribution in [2.75, 3.05) is 7.11 Å². The van der Waals surface area contributed by atoms with Gasteiger partial charge in [-0.1, -0.05) is 27.7 Å². The van der Waals surface area contributed by atoms with Gasteiger partial charge in [0.15, 0.2) is 5.75 Å². The smallest absolute Gasteiger partial charge is 0.155 e. The Kier molecular flexibility index (Phi) is 3.09. The fraction of sp³-hybridized carbons (Fsp3) is 0.636. The minimum atomic E-state index is 0.189. The molecule has 14 heavy (non-hydrogen) atoms. The highest BCUT2D eigenvalue weighted by Crippen LogP contribution is 2.32. The van der Waals surface area contributed by atoms with Gasteiger partial charge in [0.25, 0.3) is 0 Å². The topological polar surface area (TPSA) is 35.0 Å². The van der Waals surface area contributed by atoms with Crippen LogP contribution in [-0.4, -0.2) is 17.1 Å². The van der Waals surface area contributed by atoms with Crippen LogP contribution in [0.4, 0.5) is 0 Å². The van der Waals surface area contributed by atoms with E-state index < -0.39 is 0 Å². The maximum absolute atomic E-state index is 5.01. The van der Waals surface area contributed by atoms with E-state index in [1.165, 1.54) is 0 Å². The third kappa shape index (κ3) is 2.44. The van der Waals surface area contributed by atoms with Crippen LogP contribution in [0, 0.1) is 5.41 Å². The molecule has 78 valence electrons. The van der Waals surface area contributed by atoms with Gasteiger partial charge >= 0.3 is 0 Å². The summed E-state index contributed by atoms with van der Waals surface area (Å²) < 4.78 is 5.01. The molecule has 0 N–H and O–H groups in total. The zero-order valence-corrected chi connectivity index (χ0v) is 9.53. The van der Waals surface area contributed by atoms with Crippen LogP contribution in [0.2, 0.25) is 0 Å². The van der Waals surface area contributed by atoms with Gasteiger partial charge in [-0.15, -0.1) is 0 Å². The summed E-state index contributed by atoms with van der Waals surface area (Å²) in [5, 5.41) is 0. The van der Waals surface area contributed by atoms with Gasteiger partial charge in [0, 0.05) is 5.92 Å². The van der Waals surface area contributed by atoms with Crippen molar-refractivity contribution in [3.05, 3.63) is 18.2 Å². The Bertz CT molecular complexity index is 287. The van der Waals surface area contributed by atoms with Crippen molar-refractivity contribution in [2.45, 2.75) is 33.6 Å². The lowest BCUT2D eigenvalue weighted by Crippen LogP contribution is -2.17. The molecule has 0 aliphatic heterocycles. The number of methoxy groups -OCH3 is 1. The molecule has 1 atom stereocenters. The van der Waals surface area contributed by atoms with Crippen LogP contribution < -0.4 is 4.74 Å². The molecule has 0 aromatic carbocycles. The molecular formula is C11H18N2O. The Balaban J connectivity index is 2.87. The first-order valence-electron chi connectivity index (χ1n) is 4.81. The fourth-order valence-corrected chi connectivity index (χ4v) is 1.04. The molecule has 1 aromatic rings. The molecule has 0 aliphatic rings. The molecule has 0 spiro atoms. The largest absolute Gasteiger partial charge is 0.494 e. The van der Waals surface area contributed by atoms with Crippen LogP contribution in [0.1, 0.15) is 39.4 Å². The van der Waals surface area contributed by atoms with Gasteiger partial charge in [-0.25, -0.2) is 9.97 Å². The van der Waals surface area contributed by atoms with Gasteiger partial charge in [-0.05, 0) is 5.41 Å². The standard InChI is InChI=1S/C11H18N2O/c1-8(11(2,3)4)10-12-6-9(14-5)7-13-10/h6-8H,1-5H3. The lowest BCUT2D eigenvalue weighted by atomic mass is 9.81. The van der Waals surface area contributed by atoms with E-state index in [1.54, 1.807) is 19.5 Å². The molecular weight excluding hydrogens is 176 g/mol. The average molecular weight is 194 g/mol. The van der Waals surface area contributed by atoms with Gasteiger partial charge in [0.1, 0.15) is 5.82 Å². The van der Waals surface area contributed by atoms with E-state index in [1.807, 2.05) is 0 Å². The first kappa shape index (κ1) is 11.0. The van der Waals surface area contributed by atoms with Crippen molar-refractivity contribution in [1.82, 2.24) is 9.97 Å². The molecule has 0 bridgehead atoms. The highest BCUT2D eigenvalue weighted by molar-refractivity contribution is 5.13. The molecule has 3 nitrogen and oxygen atoms in total. The van der Waals surface area contributed by atoms with Gasteiger partial charge in [-0.3, -0.25) is 0 Å². The molecule has 1 unspecified atom stereocenters. The van der Waals surface area contributed by atoms with E-state index in [9.17, 15) is 0 Å². The van der Waals surface area contributed by atoms with Crippen molar-refractivity contribution in [3.8, 4) is 5.75 Å². The maximum Gasteiger partial charge on any atom is 0.155 e. The molecule has 0 saturated heterocycles. The normalized spacial score (nSPS) is 13.8. The van der Waals surface area contributed by atoms with Crippen molar-refractivity contribution in [1.29, 1.82) is 0 Å². The fourth-order valence-electron chi connectivity index (χ4n) is 1.04. The summed E-state index contributed by atoms with van der Waals surface area (Å²) >= 11 is 0. The van der Waals surface area contributed by atoms with E-state index >= 15 is 0 Å². The lowest BCUT2D eigenvalue weighted by molar-refractivity contribution is 0.326. The van der Waals surface area contributed by atoms with Gasteiger partial charge in [-0.2, -0.15) is 0 Å². The van der Waals surface area contributed by atoms with E-state index in [4.69, 9.17) is 4.74 Å². The SMILES string of the molecule is COc1cnc(C(C)C(C)(C)C)nc1. The minimum absolute atomic E-state index is 0.189. The lowest BCUT2D eigenvalue weighted by Gasteiger charge is -2.25. The van der Waals surface area contributed by atoms with E-state index in [0.29, 0.717) is 11.7 Å². The Hall–Kier alpha value is -1.12. The molecule has 0 amide bonds. The summed E-state index contributed by atoms with van der Waals surface area (Å²) in [6.45, 7) is 8.70. The Labute approximate surface area is 85.5 Å². The molecule has 0 saturated carbocycles. The predicted molar refractivity (Wildman–Crippen MR) is 56.5 cm³/mol. The third-order valence-corrected chi connectivity index (χ3v) is 2.57. The van der Waals surface area contributed by atoms with E-state index in [2.05, 4.69) is 37.7 Å². The number of ether oxygens (including phenoxy) is 1. The Morgan fingerprint density at radius 2 is 1.71 bits per heavy atom. The number of aromatic nitrogens is 2. The van der Waals surface area contributed by atoms with E-state index in [-0.39, 0.29) is 5.41 Å². The van der Waals surface area contributed by atoms with Gasteiger partial charge < -0.3 is 4.74 Å². The summed E-state index contributed by atoms with van der Waals surface area (Å²) in [5.41, 5.74) is 0.189. The van der Waals surface area contributed by atoms with Crippen molar-refractivity contribution >= 4 is 0 Å². The molecule has 0 fully saturated rings. The summed E-state index contributed by atoms with van der Waals surface area (Å²) in [6.07, 6.45) is 3.43. The van der Waals surface area contributed by atoms with Crippen molar-refractivity contribution in [2.24, 2.45) is 5.41 Å². The second kappa shape index (κ2) is 3.95. The second-order valence-electron chi connectivity index (χ2n) is 4.57. The highest BCUT2D eigenvalue weighted by atomic mass is 16.5. The number of nitrogens with zero attached hydrogens (tertiary/aromatic N) is 2. The quantitative estimate of drug-likeness (QED) is 0.726. The molecule has 1 rings (SSSR count). The van der Waals surface area contributed by atoms with Crippen molar-refractivity contribution in [3.63, 3.8) is 0 Å². The summed E-state index contributed by atoms with van der Waals surface area (Å²) in [7, 11) is 1.62. The first-order valence-corrected chi connectivity index (χ1v) is 4.81.